The third-order valence-corrected chi connectivity index (χ3v) is 5.45. The van der Waals surface area contributed by atoms with Gasteiger partial charge in [-0.05, 0) is 25.7 Å². The van der Waals surface area contributed by atoms with Crippen LogP contribution in [0.2, 0.25) is 0 Å². The number of thioether (sulfide) groups is 1. The average Bonchev–Trinajstić information content (AvgIpc) is 2.48. The van der Waals surface area contributed by atoms with Gasteiger partial charge in [-0.2, -0.15) is 11.8 Å². The largest absolute Gasteiger partial charge is 0.155 e. The molecule has 0 saturated heterocycles. The molecule has 0 heterocycles. The highest BCUT2D eigenvalue weighted by molar-refractivity contribution is 8.00. The van der Waals surface area contributed by atoms with Crippen molar-refractivity contribution < 1.29 is 0 Å². The first kappa shape index (κ1) is 10.9. The van der Waals surface area contributed by atoms with Crippen LogP contribution in [0, 0.1) is 0 Å². The molecule has 0 aromatic heterocycles. The molecule has 0 aromatic rings. The molecular weight excluding hydrogens is 188 g/mol. The maximum Gasteiger partial charge on any atom is 0.00498 e. The number of rotatable bonds is 2. The van der Waals surface area contributed by atoms with Crippen LogP contribution in [-0.4, -0.2) is 10.5 Å². The van der Waals surface area contributed by atoms with E-state index in [1.165, 1.54) is 70.6 Å². The molecule has 2 fully saturated rings. The molecule has 0 N–H and O–H groups in total. The SMILES string of the molecule is C1CCCC(SC2CCCCC2)CC1. The molecular formula is C13H24S. The predicted molar refractivity (Wildman–Crippen MR) is 66.0 cm³/mol. The summed E-state index contributed by atoms with van der Waals surface area (Å²) in [6.07, 6.45) is 16.6. The van der Waals surface area contributed by atoms with Crippen molar-refractivity contribution in [2.75, 3.05) is 0 Å². The van der Waals surface area contributed by atoms with Gasteiger partial charge in [0.1, 0.15) is 0 Å². The second kappa shape index (κ2) is 6.05. The van der Waals surface area contributed by atoms with Gasteiger partial charge in [0.2, 0.25) is 0 Å². The Morgan fingerprint density at radius 3 is 1.29 bits per heavy atom. The van der Waals surface area contributed by atoms with E-state index in [0.29, 0.717) is 0 Å². The monoisotopic (exact) mass is 212 g/mol. The van der Waals surface area contributed by atoms with Gasteiger partial charge in [-0.25, -0.2) is 0 Å². The van der Waals surface area contributed by atoms with Crippen LogP contribution in [0.4, 0.5) is 0 Å². The standard InChI is InChI=1S/C13H24S/c1-2-5-9-12(8-4-1)14-13-10-6-3-7-11-13/h12-13H,1-11H2. The lowest BCUT2D eigenvalue weighted by Crippen LogP contribution is -2.13. The quantitative estimate of drug-likeness (QED) is 0.594. The smallest absolute Gasteiger partial charge is 0.00498 e. The Labute approximate surface area is 93.2 Å². The van der Waals surface area contributed by atoms with Crippen molar-refractivity contribution in [3.05, 3.63) is 0 Å². The van der Waals surface area contributed by atoms with Gasteiger partial charge < -0.3 is 0 Å². The van der Waals surface area contributed by atoms with E-state index < -0.39 is 0 Å². The van der Waals surface area contributed by atoms with Crippen molar-refractivity contribution >= 4 is 11.8 Å². The van der Waals surface area contributed by atoms with Crippen molar-refractivity contribution in [3.63, 3.8) is 0 Å². The lowest BCUT2D eigenvalue weighted by Gasteiger charge is -2.25. The van der Waals surface area contributed by atoms with E-state index in [-0.39, 0.29) is 0 Å². The molecule has 2 aliphatic carbocycles. The van der Waals surface area contributed by atoms with Crippen molar-refractivity contribution in [2.24, 2.45) is 0 Å². The number of hydrogen-bond donors (Lipinski definition) is 0. The third-order valence-electron chi connectivity index (χ3n) is 3.74. The Bertz CT molecular complexity index is 141. The van der Waals surface area contributed by atoms with Crippen LogP contribution >= 0.6 is 11.8 Å². The maximum absolute atomic E-state index is 2.35. The minimum absolute atomic E-state index is 1.03. The van der Waals surface area contributed by atoms with Gasteiger partial charge >= 0.3 is 0 Å². The second-order valence-corrected chi connectivity index (χ2v) is 6.62. The molecule has 0 amide bonds. The molecule has 14 heavy (non-hydrogen) atoms. The molecule has 0 spiro atoms. The van der Waals surface area contributed by atoms with E-state index in [1.54, 1.807) is 0 Å². The topological polar surface area (TPSA) is 0 Å². The van der Waals surface area contributed by atoms with E-state index in [2.05, 4.69) is 11.8 Å². The summed E-state index contributed by atoms with van der Waals surface area (Å²) in [6.45, 7) is 0. The summed E-state index contributed by atoms with van der Waals surface area (Å²) in [5.74, 6) is 0. The lowest BCUT2D eigenvalue weighted by molar-refractivity contribution is 0.513. The van der Waals surface area contributed by atoms with E-state index >= 15 is 0 Å². The molecule has 2 aliphatic rings. The fourth-order valence-corrected chi connectivity index (χ4v) is 4.61. The minimum Gasteiger partial charge on any atom is -0.155 e. The van der Waals surface area contributed by atoms with Crippen LogP contribution in [0.5, 0.6) is 0 Å². The summed E-state index contributed by atoms with van der Waals surface area (Å²) >= 11 is 2.35. The molecule has 0 aromatic carbocycles. The fraction of sp³-hybridized carbons (Fsp3) is 1.00. The highest BCUT2D eigenvalue weighted by Crippen LogP contribution is 2.36. The van der Waals surface area contributed by atoms with E-state index in [4.69, 9.17) is 0 Å². The van der Waals surface area contributed by atoms with Crippen LogP contribution in [0.1, 0.15) is 70.6 Å². The molecule has 1 heteroatoms. The highest BCUT2D eigenvalue weighted by atomic mass is 32.2. The zero-order valence-corrected chi connectivity index (χ0v) is 10.2. The van der Waals surface area contributed by atoms with Gasteiger partial charge in [0, 0.05) is 10.5 Å². The lowest BCUT2D eigenvalue weighted by atomic mass is 10.0. The van der Waals surface area contributed by atoms with Crippen molar-refractivity contribution in [3.8, 4) is 0 Å². The summed E-state index contributed by atoms with van der Waals surface area (Å²) in [4.78, 5) is 0. The van der Waals surface area contributed by atoms with Crippen molar-refractivity contribution in [1.82, 2.24) is 0 Å². The molecule has 82 valence electrons. The van der Waals surface area contributed by atoms with Gasteiger partial charge in [0.25, 0.3) is 0 Å². The van der Waals surface area contributed by atoms with E-state index in [1.807, 2.05) is 0 Å². The Kier molecular flexibility index (Phi) is 4.69. The average molecular weight is 212 g/mol. The predicted octanol–water partition coefficient (Wildman–Crippen LogP) is 4.78. The van der Waals surface area contributed by atoms with Crippen LogP contribution in [0.25, 0.3) is 0 Å². The van der Waals surface area contributed by atoms with E-state index in [9.17, 15) is 0 Å². The molecule has 2 saturated carbocycles. The molecule has 0 nitrogen and oxygen atoms in total. The first-order valence-electron chi connectivity index (χ1n) is 6.60. The Morgan fingerprint density at radius 1 is 0.500 bits per heavy atom. The van der Waals surface area contributed by atoms with Gasteiger partial charge in [-0.15, -0.1) is 0 Å². The van der Waals surface area contributed by atoms with Gasteiger partial charge in [0.05, 0.1) is 0 Å². The van der Waals surface area contributed by atoms with Gasteiger partial charge in [-0.1, -0.05) is 44.9 Å². The van der Waals surface area contributed by atoms with E-state index in [0.717, 1.165) is 10.5 Å². The summed E-state index contributed by atoms with van der Waals surface area (Å²) in [7, 11) is 0. The molecule has 0 atom stereocenters. The fourth-order valence-electron chi connectivity index (χ4n) is 2.85. The molecule has 0 radical (unpaired) electrons. The maximum atomic E-state index is 2.35. The number of hydrogen-bond acceptors (Lipinski definition) is 1. The third kappa shape index (κ3) is 3.49. The van der Waals surface area contributed by atoms with Crippen molar-refractivity contribution in [1.29, 1.82) is 0 Å². The van der Waals surface area contributed by atoms with Crippen LogP contribution < -0.4 is 0 Å². The van der Waals surface area contributed by atoms with Gasteiger partial charge in [-0.3, -0.25) is 0 Å². The highest BCUT2D eigenvalue weighted by Gasteiger charge is 2.20. The van der Waals surface area contributed by atoms with Gasteiger partial charge in [0.15, 0.2) is 0 Å². The van der Waals surface area contributed by atoms with Crippen LogP contribution in [0.15, 0.2) is 0 Å². The van der Waals surface area contributed by atoms with Crippen molar-refractivity contribution in [2.45, 2.75) is 81.1 Å². The van der Waals surface area contributed by atoms with Crippen LogP contribution in [-0.2, 0) is 0 Å². The summed E-state index contributed by atoms with van der Waals surface area (Å²) in [6, 6.07) is 0. The Balaban J connectivity index is 1.71. The molecule has 0 unspecified atom stereocenters. The summed E-state index contributed by atoms with van der Waals surface area (Å²) in [5, 5.41) is 2.06. The zero-order valence-electron chi connectivity index (χ0n) is 9.34. The summed E-state index contributed by atoms with van der Waals surface area (Å²) in [5.41, 5.74) is 0. The van der Waals surface area contributed by atoms with Crippen LogP contribution in [0.3, 0.4) is 0 Å². The molecule has 2 rings (SSSR count). The summed E-state index contributed by atoms with van der Waals surface area (Å²) < 4.78 is 0. The first-order valence-corrected chi connectivity index (χ1v) is 7.55. The Morgan fingerprint density at radius 2 is 0.857 bits per heavy atom. The Hall–Kier alpha value is 0.350. The molecule has 0 bridgehead atoms. The first-order chi connectivity index (χ1) is 6.95. The molecule has 0 aliphatic heterocycles. The normalized spacial score (nSPS) is 27.4. The minimum atomic E-state index is 1.03. The zero-order chi connectivity index (χ0) is 9.64. The second-order valence-electron chi connectivity index (χ2n) is 5.01.